The van der Waals surface area contributed by atoms with Gasteiger partial charge in [0.1, 0.15) is 0 Å². The van der Waals surface area contributed by atoms with Crippen LogP contribution >= 0.6 is 0 Å². The lowest BCUT2D eigenvalue weighted by molar-refractivity contribution is 0.128. The second-order valence-corrected chi connectivity index (χ2v) is 6.00. The van der Waals surface area contributed by atoms with Gasteiger partial charge in [0.15, 0.2) is 0 Å². The van der Waals surface area contributed by atoms with Crippen molar-refractivity contribution in [3.63, 3.8) is 0 Å². The highest BCUT2D eigenvalue weighted by atomic mass is 15.2. The van der Waals surface area contributed by atoms with Crippen molar-refractivity contribution in [3.8, 4) is 0 Å². The zero-order chi connectivity index (χ0) is 14.4. The standard InChI is InChI=1S/C18H30N2/c1-4-7-16-9-11-17(12-10-16)15(3)20(5-2)18-8-6-13-19-14-18/h9-12,15,18-19H,4-8,13-14H2,1-3H3. The summed E-state index contributed by atoms with van der Waals surface area (Å²) in [5.41, 5.74) is 2.92. The Kier molecular flexibility index (Phi) is 6.06. The van der Waals surface area contributed by atoms with E-state index >= 15 is 0 Å². The van der Waals surface area contributed by atoms with E-state index in [0.29, 0.717) is 12.1 Å². The molecule has 1 aromatic carbocycles. The highest BCUT2D eigenvalue weighted by Crippen LogP contribution is 2.25. The van der Waals surface area contributed by atoms with E-state index in [-0.39, 0.29) is 0 Å². The summed E-state index contributed by atoms with van der Waals surface area (Å²) in [7, 11) is 0. The van der Waals surface area contributed by atoms with Gasteiger partial charge in [0.25, 0.3) is 0 Å². The van der Waals surface area contributed by atoms with Crippen LogP contribution in [0.25, 0.3) is 0 Å². The molecule has 1 aromatic rings. The van der Waals surface area contributed by atoms with Crippen LogP contribution in [-0.4, -0.2) is 30.6 Å². The number of nitrogens with one attached hydrogen (secondary N) is 1. The molecule has 0 spiro atoms. The van der Waals surface area contributed by atoms with Crippen molar-refractivity contribution in [1.29, 1.82) is 0 Å². The van der Waals surface area contributed by atoms with Crippen molar-refractivity contribution in [3.05, 3.63) is 35.4 Å². The van der Waals surface area contributed by atoms with E-state index < -0.39 is 0 Å². The molecule has 1 saturated heterocycles. The second kappa shape index (κ2) is 7.80. The second-order valence-electron chi connectivity index (χ2n) is 6.00. The average Bonchev–Trinajstić information content (AvgIpc) is 2.50. The van der Waals surface area contributed by atoms with Gasteiger partial charge in [-0.15, -0.1) is 0 Å². The maximum absolute atomic E-state index is 3.54. The molecular weight excluding hydrogens is 244 g/mol. The van der Waals surface area contributed by atoms with Crippen LogP contribution < -0.4 is 5.32 Å². The van der Waals surface area contributed by atoms with E-state index in [1.165, 1.54) is 43.4 Å². The highest BCUT2D eigenvalue weighted by molar-refractivity contribution is 5.25. The first kappa shape index (κ1) is 15.5. The van der Waals surface area contributed by atoms with Crippen molar-refractivity contribution < 1.29 is 0 Å². The zero-order valence-corrected chi connectivity index (χ0v) is 13.4. The van der Waals surface area contributed by atoms with Gasteiger partial charge in [0, 0.05) is 18.6 Å². The predicted octanol–water partition coefficient (Wildman–Crippen LogP) is 3.77. The van der Waals surface area contributed by atoms with Crippen LogP contribution in [0.1, 0.15) is 57.2 Å². The van der Waals surface area contributed by atoms with Gasteiger partial charge in [-0.1, -0.05) is 44.5 Å². The highest BCUT2D eigenvalue weighted by Gasteiger charge is 2.24. The van der Waals surface area contributed by atoms with E-state index in [1.54, 1.807) is 0 Å². The Bertz CT molecular complexity index is 379. The average molecular weight is 274 g/mol. The molecule has 0 bridgehead atoms. The smallest absolute Gasteiger partial charge is 0.0323 e. The van der Waals surface area contributed by atoms with Crippen LogP contribution in [-0.2, 0) is 6.42 Å². The van der Waals surface area contributed by atoms with Crippen molar-refractivity contribution >= 4 is 0 Å². The maximum Gasteiger partial charge on any atom is 0.0323 e. The van der Waals surface area contributed by atoms with Gasteiger partial charge >= 0.3 is 0 Å². The van der Waals surface area contributed by atoms with Crippen LogP contribution in [0.5, 0.6) is 0 Å². The van der Waals surface area contributed by atoms with Crippen LogP contribution in [0.3, 0.4) is 0 Å². The molecule has 0 saturated carbocycles. The minimum absolute atomic E-state index is 0.514. The fraction of sp³-hybridized carbons (Fsp3) is 0.667. The number of hydrogen-bond donors (Lipinski definition) is 1. The van der Waals surface area contributed by atoms with E-state index in [2.05, 4.69) is 55.3 Å². The topological polar surface area (TPSA) is 15.3 Å². The van der Waals surface area contributed by atoms with Crippen LogP contribution in [0.2, 0.25) is 0 Å². The molecule has 0 amide bonds. The molecule has 2 heteroatoms. The summed E-state index contributed by atoms with van der Waals surface area (Å²) < 4.78 is 0. The van der Waals surface area contributed by atoms with Gasteiger partial charge in [-0.2, -0.15) is 0 Å². The molecule has 1 aliphatic rings. The van der Waals surface area contributed by atoms with Gasteiger partial charge < -0.3 is 5.32 Å². The quantitative estimate of drug-likeness (QED) is 0.849. The number of hydrogen-bond acceptors (Lipinski definition) is 2. The molecule has 2 atom stereocenters. The number of aryl methyl sites for hydroxylation is 1. The van der Waals surface area contributed by atoms with Gasteiger partial charge in [0.05, 0.1) is 0 Å². The van der Waals surface area contributed by atoms with Gasteiger partial charge in [-0.25, -0.2) is 0 Å². The predicted molar refractivity (Wildman–Crippen MR) is 87.1 cm³/mol. The summed E-state index contributed by atoms with van der Waals surface area (Å²) in [5.74, 6) is 0. The van der Waals surface area contributed by atoms with E-state index in [0.717, 1.165) is 13.1 Å². The normalized spacial score (nSPS) is 21.1. The third-order valence-electron chi connectivity index (χ3n) is 4.60. The first-order valence-corrected chi connectivity index (χ1v) is 8.31. The molecule has 20 heavy (non-hydrogen) atoms. The maximum atomic E-state index is 3.54. The molecule has 1 fully saturated rings. The Morgan fingerprint density at radius 2 is 2.00 bits per heavy atom. The fourth-order valence-corrected chi connectivity index (χ4v) is 3.41. The lowest BCUT2D eigenvalue weighted by atomic mass is 9.99. The van der Waals surface area contributed by atoms with Gasteiger partial charge in [-0.3, -0.25) is 4.90 Å². The summed E-state index contributed by atoms with van der Waals surface area (Å²) in [6.07, 6.45) is 5.06. The molecule has 112 valence electrons. The molecule has 1 N–H and O–H groups in total. The first-order chi connectivity index (χ1) is 9.76. The van der Waals surface area contributed by atoms with Crippen LogP contribution in [0, 0.1) is 0 Å². The number of likely N-dealkylation sites (N-methyl/N-ethyl adjacent to an activating group) is 1. The van der Waals surface area contributed by atoms with E-state index in [4.69, 9.17) is 0 Å². The molecule has 0 aliphatic carbocycles. The molecule has 2 rings (SSSR count). The number of piperidine rings is 1. The molecule has 0 radical (unpaired) electrons. The van der Waals surface area contributed by atoms with E-state index in [1.807, 2.05) is 0 Å². The Morgan fingerprint density at radius 3 is 2.55 bits per heavy atom. The zero-order valence-electron chi connectivity index (χ0n) is 13.4. The van der Waals surface area contributed by atoms with Crippen molar-refractivity contribution in [2.45, 2.75) is 58.5 Å². The Labute approximate surface area is 124 Å². The number of nitrogens with zero attached hydrogens (tertiary/aromatic N) is 1. The molecule has 0 aromatic heterocycles. The third kappa shape index (κ3) is 3.83. The van der Waals surface area contributed by atoms with Crippen molar-refractivity contribution in [1.82, 2.24) is 10.2 Å². The monoisotopic (exact) mass is 274 g/mol. The lowest BCUT2D eigenvalue weighted by Gasteiger charge is -2.38. The van der Waals surface area contributed by atoms with Gasteiger partial charge in [-0.05, 0) is 50.4 Å². The number of rotatable bonds is 6. The minimum Gasteiger partial charge on any atom is -0.315 e. The number of benzene rings is 1. The largest absolute Gasteiger partial charge is 0.315 e. The fourth-order valence-electron chi connectivity index (χ4n) is 3.41. The van der Waals surface area contributed by atoms with Gasteiger partial charge in [0.2, 0.25) is 0 Å². The lowest BCUT2D eigenvalue weighted by Crippen LogP contribution is -2.46. The Balaban J connectivity index is 2.04. The summed E-state index contributed by atoms with van der Waals surface area (Å²) >= 11 is 0. The van der Waals surface area contributed by atoms with Crippen LogP contribution in [0.4, 0.5) is 0 Å². The molecule has 2 nitrogen and oxygen atoms in total. The Morgan fingerprint density at radius 1 is 1.25 bits per heavy atom. The molecule has 1 heterocycles. The summed E-state index contributed by atoms with van der Waals surface area (Å²) in [5, 5.41) is 3.54. The minimum atomic E-state index is 0.514. The SMILES string of the molecule is CCCc1ccc(C(C)N(CC)C2CCCNC2)cc1. The van der Waals surface area contributed by atoms with Crippen LogP contribution in [0.15, 0.2) is 24.3 Å². The molecule has 2 unspecified atom stereocenters. The van der Waals surface area contributed by atoms with Crippen molar-refractivity contribution in [2.24, 2.45) is 0 Å². The summed E-state index contributed by atoms with van der Waals surface area (Å²) in [4.78, 5) is 2.65. The summed E-state index contributed by atoms with van der Waals surface area (Å²) in [6, 6.07) is 10.5. The molecular formula is C18H30N2. The van der Waals surface area contributed by atoms with Crippen molar-refractivity contribution in [2.75, 3.05) is 19.6 Å². The van der Waals surface area contributed by atoms with E-state index in [9.17, 15) is 0 Å². The molecule has 1 aliphatic heterocycles. The third-order valence-corrected chi connectivity index (χ3v) is 4.60. The first-order valence-electron chi connectivity index (χ1n) is 8.31. The Hall–Kier alpha value is -0.860. The summed E-state index contributed by atoms with van der Waals surface area (Å²) in [6.45, 7) is 10.3.